The van der Waals surface area contributed by atoms with Crippen LogP contribution in [-0.4, -0.2) is 19.9 Å². The lowest BCUT2D eigenvalue weighted by Gasteiger charge is -2.40. The minimum atomic E-state index is -0.558. The van der Waals surface area contributed by atoms with Crippen molar-refractivity contribution in [1.29, 1.82) is 0 Å². The number of nitrogens with zero attached hydrogens (tertiary/aromatic N) is 4. The van der Waals surface area contributed by atoms with Crippen molar-refractivity contribution in [2.45, 2.75) is 15.2 Å². The van der Waals surface area contributed by atoms with Gasteiger partial charge in [-0.05, 0) is 68.1 Å². The highest BCUT2D eigenvalue weighted by molar-refractivity contribution is 7.99. The molecular formula is C59H36N4S. The number of fused-ring (bicyclic) bond motifs is 12. The van der Waals surface area contributed by atoms with Crippen molar-refractivity contribution in [3.8, 4) is 67.7 Å². The van der Waals surface area contributed by atoms with Gasteiger partial charge >= 0.3 is 0 Å². The van der Waals surface area contributed by atoms with Crippen molar-refractivity contribution in [1.82, 2.24) is 19.9 Å². The first-order chi connectivity index (χ1) is 31.7. The molecule has 11 aromatic rings. The molecule has 0 amide bonds. The molecule has 4 nitrogen and oxygen atoms in total. The minimum Gasteiger partial charge on any atom is -0.247 e. The summed E-state index contributed by atoms with van der Waals surface area (Å²) in [4.78, 5) is 22.8. The average molecular weight is 833 g/mol. The molecule has 2 aromatic heterocycles. The van der Waals surface area contributed by atoms with Gasteiger partial charge in [0.1, 0.15) is 0 Å². The maximum atomic E-state index is 5.35. The monoisotopic (exact) mass is 832 g/mol. The van der Waals surface area contributed by atoms with Gasteiger partial charge in [0, 0.05) is 42.8 Å². The lowest BCUT2D eigenvalue weighted by Crippen LogP contribution is -2.32. The van der Waals surface area contributed by atoms with Crippen molar-refractivity contribution in [3.63, 3.8) is 0 Å². The Balaban J connectivity index is 1.03. The second-order valence-corrected chi connectivity index (χ2v) is 17.5. The molecule has 0 saturated carbocycles. The van der Waals surface area contributed by atoms with E-state index in [9.17, 15) is 0 Å². The molecule has 1 aliphatic heterocycles. The largest absolute Gasteiger partial charge is 0.247 e. The zero-order valence-electron chi connectivity index (χ0n) is 34.5. The predicted octanol–water partition coefficient (Wildman–Crippen LogP) is 14.7. The topological polar surface area (TPSA) is 51.6 Å². The van der Waals surface area contributed by atoms with Gasteiger partial charge in [-0.15, -0.1) is 0 Å². The van der Waals surface area contributed by atoms with Crippen LogP contribution in [0, 0.1) is 0 Å². The Morgan fingerprint density at radius 2 is 0.797 bits per heavy atom. The van der Waals surface area contributed by atoms with Crippen molar-refractivity contribution in [3.05, 3.63) is 241 Å². The summed E-state index contributed by atoms with van der Waals surface area (Å²) in [7, 11) is 0. The van der Waals surface area contributed by atoms with Crippen molar-refractivity contribution in [2.75, 3.05) is 0 Å². The molecule has 298 valence electrons. The third-order valence-electron chi connectivity index (χ3n) is 13.0. The fourth-order valence-electron chi connectivity index (χ4n) is 10.1. The molecule has 9 aromatic carbocycles. The van der Waals surface area contributed by atoms with Gasteiger partial charge < -0.3 is 0 Å². The summed E-state index contributed by atoms with van der Waals surface area (Å²) in [6, 6.07) is 78.1. The molecule has 0 N–H and O–H groups in total. The van der Waals surface area contributed by atoms with Gasteiger partial charge in [0.05, 0.1) is 16.6 Å². The van der Waals surface area contributed by atoms with Gasteiger partial charge in [0.2, 0.25) is 0 Å². The third kappa shape index (κ3) is 5.57. The first-order valence-electron chi connectivity index (χ1n) is 21.6. The average Bonchev–Trinajstić information content (AvgIpc) is 3.67. The summed E-state index contributed by atoms with van der Waals surface area (Å²) in [5.74, 6) is 1.93. The molecule has 1 spiro atoms. The molecule has 13 rings (SSSR count). The zero-order valence-corrected chi connectivity index (χ0v) is 35.3. The van der Waals surface area contributed by atoms with E-state index in [0.717, 1.165) is 49.8 Å². The summed E-state index contributed by atoms with van der Waals surface area (Å²) < 4.78 is 0. The quantitative estimate of drug-likeness (QED) is 0.162. The maximum absolute atomic E-state index is 5.35. The molecule has 64 heavy (non-hydrogen) atoms. The standard InChI is InChI=1S/C59H36N4S/c1-4-17-38(18-5-1)54-47-36-53-51(35-46(47)45-25-12-15-30-52(45)60-54)59(48-27-13-10-23-43(48)44-24-11-14-28-49(44)59)50-29-16-26-42(55(50)64-53)37-31-33-41(34-32-37)58-62-56(39-19-6-2-7-20-39)61-57(63-58)40-21-8-3-9-22-40/h1-36H. The summed E-state index contributed by atoms with van der Waals surface area (Å²) >= 11 is 1.88. The van der Waals surface area contributed by atoms with E-state index in [1.54, 1.807) is 0 Å². The van der Waals surface area contributed by atoms with Crippen LogP contribution in [0.3, 0.4) is 0 Å². The fraction of sp³-hybridized carbons (Fsp3) is 0.0169. The smallest absolute Gasteiger partial charge is 0.164 e. The number of para-hydroxylation sites is 1. The van der Waals surface area contributed by atoms with Gasteiger partial charge in [-0.2, -0.15) is 0 Å². The van der Waals surface area contributed by atoms with Crippen LogP contribution in [0.25, 0.3) is 89.4 Å². The predicted molar refractivity (Wildman–Crippen MR) is 261 cm³/mol. The number of benzene rings is 9. The highest BCUT2D eigenvalue weighted by Crippen LogP contribution is 2.64. The van der Waals surface area contributed by atoms with Crippen LogP contribution in [0.4, 0.5) is 0 Å². The van der Waals surface area contributed by atoms with E-state index in [4.69, 9.17) is 19.9 Å². The second kappa shape index (κ2) is 14.6. The molecule has 0 fully saturated rings. The molecule has 1 aliphatic carbocycles. The van der Waals surface area contributed by atoms with Crippen LogP contribution in [-0.2, 0) is 5.41 Å². The van der Waals surface area contributed by atoms with Gasteiger partial charge in [0.25, 0.3) is 0 Å². The Morgan fingerprint density at radius 1 is 0.312 bits per heavy atom. The number of rotatable bonds is 5. The minimum absolute atomic E-state index is 0.558. The van der Waals surface area contributed by atoms with E-state index < -0.39 is 5.41 Å². The van der Waals surface area contributed by atoms with E-state index in [0.29, 0.717) is 17.5 Å². The first-order valence-corrected chi connectivity index (χ1v) is 22.4. The van der Waals surface area contributed by atoms with Gasteiger partial charge in [-0.3, -0.25) is 0 Å². The number of hydrogen-bond acceptors (Lipinski definition) is 5. The second-order valence-electron chi connectivity index (χ2n) is 16.5. The molecule has 5 heteroatoms. The molecule has 2 aliphatic rings. The van der Waals surface area contributed by atoms with Crippen LogP contribution >= 0.6 is 11.8 Å². The van der Waals surface area contributed by atoms with Crippen LogP contribution in [0.1, 0.15) is 22.3 Å². The van der Waals surface area contributed by atoms with E-state index >= 15 is 0 Å². The SMILES string of the molecule is c1ccc(-c2nc(-c3ccccc3)nc(-c3ccc(-c4cccc5c4Sc4cc6c(-c7ccccc7)nc7ccccc7c6cc4C54c5ccccc5-c5ccccc54)cc3)n2)cc1. The molecule has 0 bridgehead atoms. The molecule has 3 heterocycles. The number of pyridine rings is 1. The van der Waals surface area contributed by atoms with Crippen LogP contribution in [0.15, 0.2) is 228 Å². The molecule has 0 saturated heterocycles. The summed E-state index contributed by atoms with van der Waals surface area (Å²) in [5, 5.41) is 3.52. The molecular weight excluding hydrogens is 797 g/mol. The number of aromatic nitrogens is 4. The highest BCUT2D eigenvalue weighted by Gasteiger charge is 2.50. The Morgan fingerprint density at radius 3 is 1.42 bits per heavy atom. The summed E-state index contributed by atoms with van der Waals surface area (Å²) in [6.07, 6.45) is 0. The van der Waals surface area contributed by atoms with E-state index in [2.05, 4.69) is 158 Å². The Hall–Kier alpha value is -7.99. The third-order valence-corrected chi connectivity index (χ3v) is 14.2. The summed E-state index contributed by atoms with van der Waals surface area (Å²) in [5.41, 5.74) is 15.5. The van der Waals surface area contributed by atoms with Crippen LogP contribution in [0.5, 0.6) is 0 Å². The van der Waals surface area contributed by atoms with Crippen LogP contribution in [0.2, 0.25) is 0 Å². The normalized spacial score (nSPS) is 13.1. The highest BCUT2D eigenvalue weighted by atomic mass is 32.2. The zero-order chi connectivity index (χ0) is 42.2. The Kier molecular flexibility index (Phi) is 8.33. The van der Waals surface area contributed by atoms with E-state index in [-0.39, 0.29) is 0 Å². The molecule has 0 radical (unpaired) electrons. The Labute approximate surface area is 375 Å². The van der Waals surface area contributed by atoms with Gasteiger partial charge in [-0.1, -0.05) is 212 Å². The number of hydrogen-bond donors (Lipinski definition) is 0. The molecule has 0 atom stereocenters. The lowest BCUT2D eigenvalue weighted by molar-refractivity contribution is 0.725. The van der Waals surface area contributed by atoms with Crippen molar-refractivity contribution in [2.24, 2.45) is 0 Å². The summed E-state index contributed by atoms with van der Waals surface area (Å²) in [6.45, 7) is 0. The van der Waals surface area contributed by atoms with E-state index in [1.807, 2.05) is 72.4 Å². The first kappa shape index (κ1) is 36.6. The fourth-order valence-corrected chi connectivity index (χ4v) is 11.5. The van der Waals surface area contributed by atoms with E-state index in [1.165, 1.54) is 54.1 Å². The maximum Gasteiger partial charge on any atom is 0.164 e. The van der Waals surface area contributed by atoms with Crippen molar-refractivity contribution >= 4 is 33.4 Å². The van der Waals surface area contributed by atoms with Gasteiger partial charge in [-0.25, -0.2) is 19.9 Å². The van der Waals surface area contributed by atoms with Gasteiger partial charge in [0.15, 0.2) is 17.5 Å². The lowest BCUT2D eigenvalue weighted by atomic mass is 9.66. The Bertz CT molecular complexity index is 3520. The van der Waals surface area contributed by atoms with Crippen LogP contribution < -0.4 is 0 Å². The van der Waals surface area contributed by atoms with Crippen molar-refractivity contribution < 1.29 is 0 Å². The molecule has 0 unspecified atom stereocenters.